The molecule has 0 spiro atoms. The maximum atomic E-state index is 13.1. The van der Waals surface area contributed by atoms with Crippen LogP contribution in [-0.4, -0.2) is 81.3 Å². The first-order chi connectivity index (χ1) is 19.6. The molecule has 0 fully saturated rings. The number of hydrogen-bond donors (Lipinski definition) is 3. The fourth-order valence-electron chi connectivity index (χ4n) is 3.56. The van der Waals surface area contributed by atoms with E-state index >= 15 is 0 Å². The number of benzene rings is 1. The molecule has 0 aliphatic heterocycles. The molecule has 224 valence electrons. The molecule has 0 aliphatic rings. The van der Waals surface area contributed by atoms with Gasteiger partial charge in [-0.1, -0.05) is 11.6 Å². The highest BCUT2D eigenvalue weighted by molar-refractivity contribution is 6.30. The van der Waals surface area contributed by atoms with Gasteiger partial charge in [-0.05, 0) is 36.4 Å². The molecular weight excluding hydrogens is 602 g/mol. The molecule has 0 saturated carbocycles. The number of alkyl halides is 6. The van der Waals surface area contributed by atoms with Gasteiger partial charge in [-0.2, -0.15) is 26.3 Å². The monoisotopic (exact) mass is 620 g/mol. The number of aromatic nitrogens is 7. The van der Waals surface area contributed by atoms with Crippen molar-refractivity contribution in [3.63, 3.8) is 0 Å². The largest absolute Gasteiger partial charge is 0.416 e. The minimum Gasteiger partial charge on any atom is -0.382 e. The lowest BCUT2D eigenvalue weighted by Crippen LogP contribution is -2.41. The number of hydrogen-bond acceptors (Lipinski definition) is 8. The van der Waals surface area contributed by atoms with Crippen molar-refractivity contribution < 1.29 is 41.4 Å². The van der Waals surface area contributed by atoms with Crippen LogP contribution >= 0.6 is 11.6 Å². The summed E-state index contributed by atoms with van der Waals surface area (Å²) in [5.74, 6) is -1.35. The molecule has 3 aromatic heterocycles. The second kappa shape index (κ2) is 11.9. The van der Waals surface area contributed by atoms with E-state index in [4.69, 9.17) is 16.7 Å². The van der Waals surface area contributed by atoms with Crippen LogP contribution in [0.4, 0.5) is 26.3 Å². The summed E-state index contributed by atoms with van der Waals surface area (Å²) in [5.41, 5.74) is -1.19. The smallest absolute Gasteiger partial charge is 0.382 e. The van der Waals surface area contributed by atoms with Crippen LogP contribution in [0, 0.1) is 0 Å². The lowest BCUT2D eigenvalue weighted by Gasteiger charge is -2.15. The average molecular weight is 621 g/mol. The van der Waals surface area contributed by atoms with Crippen LogP contribution in [0.5, 0.6) is 0 Å². The van der Waals surface area contributed by atoms with E-state index in [1.165, 1.54) is 42.6 Å². The van der Waals surface area contributed by atoms with Gasteiger partial charge in [0, 0.05) is 16.8 Å². The van der Waals surface area contributed by atoms with Crippen LogP contribution in [0.2, 0.25) is 5.02 Å². The Kier molecular flexibility index (Phi) is 8.69. The third-order valence-corrected chi connectivity index (χ3v) is 5.92. The second-order valence-corrected chi connectivity index (χ2v) is 9.12. The number of nitrogens with one attached hydrogen (secondary N) is 1. The van der Waals surface area contributed by atoms with E-state index in [0.717, 1.165) is 15.7 Å². The van der Waals surface area contributed by atoms with Crippen molar-refractivity contribution in [1.82, 2.24) is 39.4 Å². The fourth-order valence-corrected chi connectivity index (χ4v) is 3.69. The fraction of sp³-hybridized carbons (Fsp3) is 0.304. The van der Waals surface area contributed by atoms with Gasteiger partial charge in [-0.25, -0.2) is 24.1 Å². The Morgan fingerprint density at radius 2 is 1.64 bits per heavy atom. The molecule has 3 heterocycles. The third kappa shape index (κ3) is 6.94. The Morgan fingerprint density at radius 1 is 0.976 bits per heavy atom. The van der Waals surface area contributed by atoms with Gasteiger partial charge in [-0.3, -0.25) is 9.36 Å². The first-order valence-electron chi connectivity index (χ1n) is 11.7. The van der Waals surface area contributed by atoms with Crippen LogP contribution in [-0.2, 0) is 13.1 Å². The van der Waals surface area contributed by atoms with Crippen molar-refractivity contribution in [2.24, 2.45) is 0 Å². The molecule has 19 heteroatoms. The van der Waals surface area contributed by atoms with Crippen molar-refractivity contribution in [1.29, 1.82) is 0 Å². The Labute approximate surface area is 235 Å². The predicted molar refractivity (Wildman–Crippen MR) is 132 cm³/mol. The van der Waals surface area contributed by atoms with E-state index in [1.807, 2.05) is 5.32 Å². The number of rotatable bonds is 9. The lowest BCUT2D eigenvalue weighted by atomic mass is 10.2. The number of aliphatic hydroxyl groups is 2. The highest BCUT2D eigenvalue weighted by atomic mass is 35.5. The summed E-state index contributed by atoms with van der Waals surface area (Å²) in [7, 11) is 0. The molecule has 0 bridgehead atoms. The normalized spacial score (nSPS) is 13.6. The standard InChI is InChI=1S/C23H19ClF6N8O4/c24-13-5-3-12(4-6-13)19-35-37(21(42)36(19)9-16(40)23(28,29)30)10-17-33-11-38(34-17)14-2-1-7-31-18(14)20(41)32-8-15(39)22(25,26)27/h1-7,11,15-16,39-40H,8-10H2,(H,32,41)/t15?,16-/m1/s1. The van der Waals surface area contributed by atoms with Crippen molar-refractivity contribution in [2.45, 2.75) is 37.7 Å². The van der Waals surface area contributed by atoms with Crippen molar-refractivity contribution in [3.05, 3.63) is 75.9 Å². The topological polar surface area (TPSA) is 153 Å². The number of halogens is 7. The van der Waals surface area contributed by atoms with Crippen molar-refractivity contribution in [2.75, 3.05) is 6.54 Å². The average Bonchev–Trinajstić information content (AvgIpc) is 3.51. The van der Waals surface area contributed by atoms with Crippen LogP contribution in [0.1, 0.15) is 16.3 Å². The summed E-state index contributed by atoms with van der Waals surface area (Å²) in [5, 5.41) is 29.2. The van der Waals surface area contributed by atoms with Gasteiger partial charge in [0.1, 0.15) is 12.9 Å². The summed E-state index contributed by atoms with van der Waals surface area (Å²) in [6.45, 7) is -2.74. The zero-order valence-electron chi connectivity index (χ0n) is 20.9. The number of pyridine rings is 1. The molecule has 3 N–H and O–H groups in total. The third-order valence-electron chi connectivity index (χ3n) is 5.67. The quantitative estimate of drug-likeness (QED) is 0.240. The highest BCUT2D eigenvalue weighted by Crippen LogP contribution is 2.24. The zero-order chi connectivity index (χ0) is 30.8. The van der Waals surface area contributed by atoms with Crippen LogP contribution in [0.3, 0.4) is 0 Å². The van der Waals surface area contributed by atoms with Gasteiger partial charge in [0.05, 0.1) is 18.8 Å². The number of amides is 1. The van der Waals surface area contributed by atoms with E-state index in [0.29, 0.717) is 9.59 Å². The second-order valence-electron chi connectivity index (χ2n) is 8.68. The van der Waals surface area contributed by atoms with Crippen LogP contribution in [0.15, 0.2) is 53.7 Å². The number of carbonyl (C=O) groups is 1. The number of aliphatic hydroxyl groups excluding tert-OH is 2. The van der Waals surface area contributed by atoms with Crippen LogP contribution < -0.4 is 11.0 Å². The Bertz CT molecular complexity index is 1620. The lowest BCUT2D eigenvalue weighted by molar-refractivity contribution is -0.207. The molecule has 1 amide bonds. The minimum absolute atomic E-state index is 0.0247. The first-order valence-corrected chi connectivity index (χ1v) is 12.1. The zero-order valence-corrected chi connectivity index (χ0v) is 21.6. The number of carbonyl (C=O) groups excluding carboxylic acids is 1. The van der Waals surface area contributed by atoms with Crippen molar-refractivity contribution in [3.8, 4) is 17.1 Å². The summed E-state index contributed by atoms with van der Waals surface area (Å²) in [6.07, 6.45) is -13.4. The summed E-state index contributed by atoms with van der Waals surface area (Å²) >= 11 is 5.87. The van der Waals surface area contributed by atoms with E-state index in [-0.39, 0.29) is 28.6 Å². The molecule has 1 aromatic carbocycles. The van der Waals surface area contributed by atoms with E-state index < -0.39 is 55.8 Å². The molecule has 42 heavy (non-hydrogen) atoms. The Morgan fingerprint density at radius 3 is 2.29 bits per heavy atom. The van der Waals surface area contributed by atoms with Crippen LogP contribution in [0.25, 0.3) is 17.1 Å². The Hall–Kier alpha value is -4.29. The summed E-state index contributed by atoms with van der Waals surface area (Å²) in [4.78, 5) is 33.4. The predicted octanol–water partition coefficient (Wildman–Crippen LogP) is 1.97. The van der Waals surface area contributed by atoms with Gasteiger partial charge in [0.2, 0.25) is 0 Å². The van der Waals surface area contributed by atoms with Gasteiger partial charge in [-0.15, -0.1) is 10.2 Å². The SMILES string of the molecule is O=C(NCC(O)C(F)(F)F)c1ncccc1-n1cnc(Cn2nc(-c3ccc(Cl)cc3)n(C[C@@H](O)C(F)(F)F)c2=O)n1. The molecule has 1 unspecified atom stereocenters. The van der Waals surface area contributed by atoms with Gasteiger partial charge in [0.25, 0.3) is 5.91 Å². The van der Waals surface area contributed by atoms with E-state index in [2.05, 4.69) is 20.2 Å². The van der Waals surface area contributed by atoms with E-state index in [9.17, 15) is 41.0 Å². The number of nitrogens with zero attached hydrogens (tertiary/aromatic N) is 7. The molecule has 4 aromatic rings. The first kappa shape index (κ1) is 30.7. The summed E-state index contributed by atoms with van der Waals surface area (Å²) in [6, 6.07) is 8.44. The van der Waals surface area contributed by atoms with Gasteiger partial charge >= 0.3 is 18.0 Å². The van der Waals surface area contributed by atoms with E-state index in [1.54, 1.807) is 0 Å². The molecule has 0 radical (unpaired) electrons. The molecule has 0 saturated heterocycles. The molecular formula is C23H19ClF6N8O4. The maximum Gasteiger partial charge on any atom is 0.416 e. The van der Waals surface area contributed by atoms with Gasteiger partial charge in [0.15, 0.2) is 29.6 Å². The Balaban J connectivity index is 1.62. The van der Waals surface area contributed by atoms with Crippen molar-refractivity contribution >= 4 is 17.5 Å². The molecule has 2 atom stereocenters. The molecule has 12 nitrogen and oxygen atoms in total. The highest BCUT2D eigenvalue weighted by Gasteiger charge is 2.40. The molecule has 0 aliphatic carbocycles. The minimum atomic E-state index is -5.02. The maximum absolute atomic E-state index is 13.1. The van der Waals surface area contributed by atoms with Gasteiger partial charge < -0.3 is 15.5 Å². The summed E-state index contributed by atoms with van der Waals surface area (Å²) < 4.78 is 79.4. The molecule has 4 rings (SSSR count).